The van der Waals surface area contributed by atoms with E-state index in [4.69, 9.17) is 16.3 Å². The van der Waals surface area contributed by atoms with Crippen molar-refractivity contribution in [2.45, 2.75) is 0 Å². The molecule has 2 aromatic carbocycles. The first kappa shape index (κ1) is 17.6. The third kappa shape index (κ3) is 3.99. The summed E-state index contributed by atoms with van der Waals surface area (Å²) in [5.74, 6) is -0.153. The highest BCUT2D eigenvalue weighted by atomic mass is 35.5. The van der Waals surface area contributed by atoms with Gasteiger partial charge < -0.3 is 19.5 Å². The van der Waals surface area contributed by atoms with Gasteiger partial charge in [0.1, 0.15) is 0 Å². The lowest BCUT2D eigenvalue weighted by Crippen LogP contribution is -2.36. The summed E-state index contributed by atoms with van der Waals surface area (Å²) in [6.45, 7) is 3.22. The Bertz CT molecular complexity index is 917. The molecule has 1 saturated heterocycles. The maximum Gasteiger partial charge on any atom is 0.255 e. The number of nitrogens with zero attached hydrogens (tertiary/aromatic N) is 2. The minimum Gasteiger partial charge on any atom is -0.378 e. The average molecular weight is 382 g/mol. The molecule has 3 aromatic rings. The number of benzene rings is 2. The summed E-state index contributed by atoms with van der Waals surface area (Å²) in [5, 5.41) is 3.61. The molecule has 138 valence electrons. The number of hydrogen-bond acceptors (Lipinski definition) is 3. The van der Waals surface area contributed by atoms with Crippen LogP contribution < -0.4 is 10.2 Å². The molecule has 6 heteroatoms. The predicted molar refractivity (Wildman–Crippen MR) is 108 cm³/mol. The molecule has 0 unspecified atom stereocenters. The molecule has 27 heavy (non-hydrogen) atoms. The zero-order valence-electron chi connectivity index (χ0n) is 14.8. The summed E-state index contributed by atoms with van der Waals surface area (Å²) >= 11 is 6.14. The van der Waals surface area contributed by atoms with Gasteiger partial charge in [-0.05, 0) is 54.6 Å². The van der Waals surface area contributed by atoms with E-state index in [1.165, 1.54) is 0 Å². The number of nitrogens with one attached hydrogen (secondary N) is 1. The third-order valence-corrected chi connectivity index (χ3v) is 4.83. The molecule has 4 rings (SSSR count). The molecule has 2 heterocycles. The number of carbonyl (C=O) groups is 1. The van der Waals surface area contributed by atoms with Gasteiger partial charge in [-0.2, -0.15) is 0 Å². The van der Waals surface area contributed by atoms with Crippen LogP contribution in [0.5, 0.6) is 0 Å². The Kier molecular flexibility index (Phi) is 5.14. The second-order valence-corrected chi connectivity index (χ2v) is 6.79. The highest BCUT2D eigenvalue weighted by Gasteiger charge is 2.14. The van der Waals surface area contributed by atoms with Crippen LogP contribution in [0.4, 0.5) is 11.4 Å². The van der Waals surface area contributed by atoms with Gasteiger partial charge in [-0.25, -0.2) is 0 Å². The van der Waals surface area contributed by atoms with Crippen molar-refractivity contribution >= 4 is 28.9 Å². The summed E-state index contributed by atoms with van der Waals surface area (Å²) in [5.41, 5.74) is 3.25. The van der Waals surface area contributed by atoms with E-state index < -0.39 is 0 Å². The lowest BCUT2D eigenvalue weighted by atomic mass is 10.1. The van der Waals surface area contributed by atoms with Gasteiger partial charge in [0.15, 0.2) is 0 Å². The van der Waals surface area contributed by atoms with Crippen molar-refractivity contribution in [1.29, 1.82) is 0 Å². The molecular weight excluding hydrogens is 362 g/mol. The van der Waals surface area contributed by atoms with E-state index in [0.717, 1.165) is 37.7 Å². The molecule has 0 radical (unpaired) electrons. The zero-order chi connectivity index (χ0) is 18.6. The molecular formula is C21H20ClN3O2. The van der Waals surface area contributed by atoms with Crippen LogP contribution in [-0.2, 0) is 4.74 Å². The SMILES string of the molecule is O=C(Nc1ccc(Cl)cc1-n1cccc1)c1ccc(N2CCOCC2)cc1. The molecule has 0 saturated carbocycles. The number of rotatable bonds is 4. The minimum atomic E-state index is -0.153. The maximum atomic E-state index is 12.7. The lowest BCUT2D eigenvalue weighted by Gasteiger charge is -2.28. The fraction of sp³-hybridized carbons (Fsp3) is 0.190. The van der Waals surface area contributed by atoms with Gasteiger partial charge in [0, 0.05) is 41.8 Å². The third-order valence-electron chi connectivity index (χ3n) is 4.60. The quantitative estimate of drug-likeness (QED) is 0.736. The fourth-order valence-electron chi connectivity index (χ4n) is 3.16. The van der Waals surface area contributed by atoms with Gasteiger partial charge in [0.25, 0.3) is 5.91 Å². The Morgan fingerprint density at radius 3 is 2.41 bits per heavy atom. The Labute approximate surface area is 163 Å². The standard InChI is InChI=1S/C21H20ClN3O2/c22-17-5-8-19(20(15-17)25-9-1-2-10-25)23-21(26)16-3-6-18(7-4-16)24-11-13-27-14-12-24/h1-10,15H,11-14H2,(H,23,26). The van der Waals surface area contributed by atoms with Gasteiger partial charge in [-0.1, -0.05) is 11.6 Å². The molecule has 1 aromatic heterocycles. The van der Waals surface area contributed by atoms with Crippen LogP contribution in [0.2, 0.25) is 5.02 Å². The van der Waals surface area contributed by atoms with E-state index in [9.17, 15) is 4.79 Å². The largest absolute Gasteiger partial charge is 0.378 e. The van der Waals surface area contributed by atoms with Crippen LogP contribution >= 0.6 is 11.6 Å². The van der Waals surface area contributed by atoms with Gasteiger partial charge in [0.2, 0.25) is 0 Å². The first-order valence-electron chi connectivity index (χ1n) is 8.88. The average Bonchev–Trinajstić information content (AvgIpc) is 3.25. The van der Waals surface area contributed by atoms with Crippen molar-refractivity contribution in [3.63, 3.8) is 0 Å². The first-order valence-corrected chi connectivity index (χ1v) is 9.25. The van der Waals surface area contributed by atoms with Crippen LogP contribution in [0.15, 0.2) is 67.0 Å². The summed E-state index contributed by atoms with van der Waals surface area (Å²) in [6.07, 6.45) is 3.83. The molecule has 0 atom stereocenters. The van der Waals surface area contributed by atoms with Crippen molar-refractivity contribution in [3.05, 3.63) is 77.6 Å². The minimum absolute atomic E-state index is 0.153. The molecule has 1 aliphatic rings. The first-order chi connectivity index (χ1) is 13.2. The van der Waals surface area contributed by atoms with Gasteiger partial charge in [-0.3, -0.25) is 4.79 Å². The molecule has 0 bridgehead atoms. The Morgan fingerprint density at radius 1 is 1.00 bits per heavy atom. The summed E-state index contributed by atoms with van der Waals surface area (Å²) in [6, 6.07) is 16.9. The summed E-state index contributed by atoms with van der Waals surface area (Å²) < 4.78 is 7.30. The number of carbonyl (C=O) groups excluding carboxylic acids is 1. The van der Waals surface area contributed by atoms with Crippen molar-refractivity contribution in [2.24, 2.45) is 0 Å². The lowest BCUT2D eigenvalue weighted by molar-refractivity contribution is 0.102. The van der Waals surface area contributed by atoms with Crippen molar-refractivity contribution in [2.75, 3.05) is 36.5 Å². The number of ether oxygens (including phenoxy) is 1. The van der Waals surface area contributed by atoms with E-state index in [1.807, 2.05) is 65.5 Å². The molecule has 1 fully saturated rings. The van der Waals surface area contributed by atoms with Gasteiger partial charge in [0.05, 0.1) is 24.6 Å². The predicted octanol–water partition coefficient (Wildman–Crippen LogP) is 4.22. The van der Waals surface area contributed by atoms with E-state index in [0.29, 0.717) is 16.3 Å². The summed E-state index contributed by atoms with van der Waals surface area (Å²) in [7, 11) is 0. The second-order valence-electron chi connectivity index (χ2n) is 6.35. The van der Waals surface area contributed by atoms with Gasteiger partial charge in [-0.15, -0.1) is 0 Å². The zero-order valence-corrected chi connectivity index (χ0v) is 15.5. The molecule has 0 aliphatic carbocycles. The van der Waals surface area contributed by atoms with E-state index in [2.05, 4.69) is 10.2 Å². The van der Waals surface area contributed by atoms with Crippen LogP contribution in [0.3, 0.4) is 0 Å². The van der Waals surface area contributed by atoms with E-state index in [-0.39, 0.29) is 5.91 Å². The second kappa shape index (κ2) is 7.86. The number of halogens is 1. The highest BCUT2D eigenvalue weighted by molar-refractivity contribution is 6.31. The maximum absolute atomic E-state index is 12.7. The number of anilines is 2. The highest BCUT2D eigenvalue weighted by Crippen LogP contribution is 2.25. The Balaban J connectivity index is 1.53. The molecule has 1 aliphatic heterocycles. The Morgan fingerprint density at radius 2 is 1.70 bits per heavy atom. The molecule has 5 nitrogen and oxygen atoms in total. The topological polar surface area (TPSA) is 46.5 Å². The molecule has 1 amide bonds. The van der Waals surface area contributed by atoms with E-state index in [1.54, 1.807) is 6.07 Å². The van der Waals surface area contributed by atoms with Gasteiger partial charge >= 0.3 is 0 Å². The van der Waals surface area contributed by atoms with Crippen molar-refractivity contribution < 1.29 is 9.53 Å². The number of aromatic nitrogens is 1. The van der Waals surface area contributed by atoms with Crippen molar-refractivity contribution in [1.82, 2.24) is 4.57 Å². The number of amides is 1. The number of morpholine rings is 1. The number of hydrogen-bond donors (Lipinski definition) is 1. The summed E-state index contributed by atoms with van der Waals surface area (Å²) in [4.78, 5) is 15.0. The smallest absolute Gasteiger partial charge is 0.255 e. The fourth-order valence-corrected chi connectivity index (χ4v) is 3.33. The Hall–Kier alpha value is -2.76. The molecule has 1 N–H and O–H groups in total. The normalized spacial score (nSPS) is 14.2. The monoisotopic (exact) mass is 381 g/mol. The van der Waals surface area contributed by atoms with Crippen LogP contribution in [0.25, 0.3) is 5.69 Å². The van der Waals surface area contributed by atoms with E-state index >= 15 is 0 Å². The van der Waals surface area contributed by atoms with Crippen molar-refractivity contribution in [3.8, 4) is 5.69 Å². The van der Waals surface area contributed by atoms with Crippen LogP contribution in [-0.4, -0.2) is 36.8 Å². The molecule has 0 spiro atoms. The van der Waals surface area contributed by atoms with Crippen LogP contribution in [0.1, 0.15) is 10.4 Å². The van der Waals surface area contributed by atoms with Crippen LogP contribution in [0, 0.1) is 0 Å².